The number of carboxylic acid groups (broad SMARTS) is 1. The lowest BCUT2D eigenvalue weighted by molar-refractivity contribution is 0.0701. The molecule has 0 bridgehead atoms. The van der Waals surface area contributed by atoms with Crippen molar-refractivity contribution in [3.05, 3.63) is 45.2 Å². The lowest BCUT2D eigenvalue weighted by atomic mass is 10.2. The number of hydrogen-bond acceptors (Lipinski definition) is 5. The summed E-state index contributed by atoms with van der Waals surface area (Å²) < 4.78 is 18.2. The van der Waals surface area contributed by atoms with Gasteiger partial charge >= 0.3 is 5.97 Å². The summed E-state index contributed by atoms with van der Waals surface area (Å²) in [5, 5.41) is 12.2. The van der Waals surface area contributed by atoms with Gasteiger partial charge in [0.15, 0.2) is 11.6 Å². The van der Waals surface area contributed by atoms with Crippen LogP contribution in [-0.2, 0) is 0 Å². The van der Waals surface area contributed by atoms with Crippen molar-refractivity contribution >= 4 is 23.2 Å². The van der Waals surface area contributed by atoms with E-state index in [0.717, 1.165) is 17.4 Å². The number of amides is 1. The maximum atomic E-state index is 13.4. The van der Waals surface area contributed by atoms with Gasteiger partial charge in [-0.25, -0.2) is 14.2 Å². The Morgan fingerprint density at radius 3 is 2.70 bits per heavy atom. The zero-order chi connectivity index (χ0) is 17.1. The van der Waals surface area contributed by atoms with Crippen molar-refractivity contribution in [1.29, 1.82) is 0 Å². The minimum Gasteiger partial charge on any atom is -0.494 e. The molecule has 0 aliphatic carbocycles. The van der Waals surface area contributed by atoms with Crippen molar-refractivity contribution in [2.75, 3.05) is 7.11 Å². The molecule has 2 aromatic rings. The third kappa shape index (κ3) is 3.65. The Morgan fingerprint density at radius 1 is 1.43 bits per heavy atom. The molecule has 2 N–H and O–H groups in total. The Balaban J connectivity index is 2.16. The minimum atomic E-state index is -1.05. The van der Waals surface area contributed by atoms with E-state index in [0.29, 0.717) is 10.7 Å². The van der Waals surface area contributed by atoms with Crippen LogP contribution in [0.5, 0.6) is 5.75 Å². The zero-order valence-corrected chi connectivity index (χ0v) is 13.5. The van der Waals surface area contributed by atoms with Crippen molar-refractivity contribution < 1.29 is 23.8 Å². The number of ether oxygens (including phenoxy) is 1. The third-order valence-corrected chi connectivity index (χ3v) is 4.47. The van der Waals surface area contributed by atoms with Crippen LogP contribution in [0, 0.1) is 12.7 Å². The summed E-state index contributed by atoms with van der Waals surface area (Å²) >= 11 is 1.01. The number of aromatic nitrogens is 1. The van der Waals surface area contributed by atoms with Gasteiger partial charge in [-0.2, -0.15) is 0 Å². The zero-order valence-electron chi connectivity index (χ0n) is 12.7. The van der Waals surface area contributed by atoms with E-state index in [2.05, 4.69) is 10.3 Å². The van der Waals surface area contributed by atoms with Gasteiger partial charge in [0.25, 0.3) is 5.91 Å². The second kappa shape index (κ2) is 6.74. The van der Waals surface area contributed by atoms with Gasteiger partial charge in [-0.05, 0) is 32.0 Å². The van der Waals surface area contributed by atoms with Crippen LogP contribution in [0.25, 0.3) is 0 Å². The molecule has 6 nitrogen and oxygen atoms in total. The Morgan fingerprint density at radius 2 is 2.13 bits per heavy atom. The van der Waals surface area contributed by atoms with Crippen molar-refractivity contribution in [2.45, 2.75) is 19.9 Å². The SMILES string of the molecule is COc1cc(C(=O)NC(C)c2nc(C)c(C(=O)O)s2)ccc1F. The fraction of sp³-hybridized carbons (Fsp3) is 0.267. The van der Waals surface area contributed by atoms with Crippen molar-refractivity contribution in [1.82, 2.24) is 10.3 Å². The first-order valence-corrected chi connectivity index (χ1v) is 7.50. The van der Waals surface area contributed by atoms with E-state index in [9.17, 15) is 14.0 Å². The highest BCUT2D eigenvalue weighted by atomic mass is 32.1. The molecule has 0 saturated carbocycles. The van der Waals surface area contributed by atoms with Crippen LogP contribution >= 0.6 is 11.3 Å². The van der Waals surface area contributed by atoms with Crippen molar-refractivity contribution in [2.24, 2.45) is 0 Å². The van der Waals surface area contributed by atoms with Crippen LogP contribution in [0.4, 0.5) is 4.39 Å². The molecular weight excluding hydrogens is 323 g/mol. The number of nitrogens with zero attached hydrogens (tertiary/aromatic N) is 1. The van der Waals surface area contributed by atoms with Crippen molar-refractivity contribution in [3.63, 3.8) is 0 Å². The van der Waals surface area contributed by atoms with E-state index in [-0.39, 0.29) is 16.2 Å². The first-order valence-electron chi connectivity index (χ1n) is 6.68. The number of thiazole rings is 1. The van der Waals surface area contributed by atoms with Gasteiger partial charge in [-0.1, -0.05) is 0 Å². The number of carbonyl (C=O) groups excluding carboxylic acids is 1. The molecule has 0 radical (unpaired) electrons. The van der Waals surface area contributed by atoms with E-state index in [1.54, 1.807) is 13.8 Å². The number of hydrogen-bond donors (Lipinski definition) is 2. The van der Waals surface area contributed by atoms with Gasteiger partial charge in [0, 0.05) is 5.56 Å². The van der Waals surface area contributed by atoms with Gasteiger partial charge in [0.05, 0.1) is 18.8 Å². The summed E-state index contributed by atoms with van der Waals surface area (Å²) in [5.41, 5.74) is 0.642. The molecule has 0 saturated heterocycles. The molecule has 0 spiro atoms. The molecule has 0 fully saturated rings. The molecule has 1 unspecified atom stereocenters. The standard InChI is InChI=1S/C15H15FN2O4S/c1-7-12(15(20)21)23-14(18-7)8(2)17-13(19)9-4-5-10(16)11(6-9)22-3/h4-6,8H,1-3H3,(H,17,19)(H,20,21). The molecule has 1 heterocycles. The summed E-state index contributed by atoms with van der Waals surface area (Å²) in [5.74, 6) is -2.06. The number of carbonyl (C=O) groups is 2. The van der Waals surface area contributed by atoms with Crippen LogP contribution in [0.3, 0.4) is 0 Å². The summed E-state index contributed by atoms with van der Waals surface area (Å²) in [6, 6.07) is 3.31. The fourth-order valence-corrected chi connectivity index (χ4v) is 2.85. The van der Waals surface area contributed by atoms with Crippen LogP contribution in [-0.4, -0.2) is 29.1 Å². The predicted molar refractivity (Wildman–Crippen MR) is 82.6 cm³/mol. The number of nitrogens with one attached hydrogen (secondary N) is 1. The largest absolute Gasteiger partial charge is 0.494 e. The molecule has 0 aliphatic heterocycles. The topological polar surface area (TPSA) is 88.5 Å². The number of carboxylic acids is 1. The normalized spacial score (nSPS) is 11.8. The Bertz CT molecular complexity index is 760. The molecule has 1 aromatic carbocycles. The molecule has 1 aromatic heterocycles. The van der Waals surface area contributed by atoms with Crippen LogP contribution < -0.4 is 10.1 Å². The summed E-state index contributed by atoms with van der Waals surface area (Å²) in [6.45, 7) is 3.30. The number of rotatable bonds is 5. The average molecular weight is 338 g/mol. The maximum Gasteiger partial charge on any atom is 0.347 e. The highest BCUT2D eigenvalue weighted by Gasteiger charge is 2.20. The van der Waals surface area contributed by atoms with E-state index in [1.165, 1.54) is 19.2 Å². The van der Waals surface area contributed by atoms with E-state index >= 15 is 0 Å². The lowest BCUT2D eigenvalue weighted by Crippen LogP contribution is -2.26. The van der Waals surface area contributed by atoms with Crippen LogP contribution in [0.1, 0.15) is 43.7 Å². The summed E-state index contributed by atoms with van der Waals surface area (Å²) in [7, 11) is 1.31. The van der Waals surface area contributed by atoms with Gasteiger partial charge in [-0.15, -0.1) is 11.3 Å². The molecule has 8 heteroatoms. The van der Waals surface area contributed by atoms with E-state index < -0.39 is 23.7 Å². The number of methoxy groups -OCH3 is 1. The number of aromatic carboxylic acids is 1. The minimum absolute atomic E-state index is 0.0245. The second-order valence-corrected chi connectivity index (χ2v) is 5.85. The number of halogens is 1. The second-order valence-electron chi connectivity index (χ2n) is 4.82. The average Bonchev–Trinajstić information content (AvgIpc) is 2.90. The lowest BCUT2D eigenvalue weighted by Gasteiger charge is -2.12. The molecule has 2 rings (SSSR count). The maximum absolute atomic E-state index is 13.4. The third-order valence-electron chi connectivity index (χ3n) is 3.14. The van der Waals surface area contributed by atoms with Crippen LogP contribution in [0.2, 0.25) is 0 Å². The highest BCUT2D eigenvalue weighted by Crippen LogP contribution is 2.24. The van der Waals surface area contributed by atoms with Gasteiger partial charge < -0.3 is 15.2 Å². The highest BCUT2D eigenvalue weighted by molar-refractivity contribution is 7.13. The molecular formula is C15H15FN2O4S. The molecule has 23 heavy (non-hydrogen) atoms. The molecule has 1 amide bonds. The quantitative estimate of drug-likeness (QED) is 0.875. The predicted octanol–water partition coefficient (Wildman–Crippen LogP) is 2.79. The Labute approximate surface area is 135 Å². The molecule has 1 atom stereocenters. The Kier molecular flexibility index (Phi) is 4.95. The first kappa shape index (κ1) is 16.9. The first-order chi connectivity index (χ1) is 10.8. The van der Waals surface area contributed by atoms with Gasteiger partial charge in [-0.3, -0.25) is 4.79 Å². The van der Waals surface area contributed by atoms with E-state index in [4.69, 9.17) is 9.84 Å². The number of benzene rings is 1. The monoisotopic (exact) mass is 338 g/mol. The van der Waals surface area contributed by atoms with Crippen LogP contribution in [0.15, 0.2) is 18.2 Å². The summed E-state index contributed by atoms with van der Waals surface area (Å²) in [4.78, 5) is 27.6. The summed E-state index contributed by atoms with van der Waals surface area (Å²) in [6.07, 6.45) is 0. The smallest absolute Gasteiger partial charge is 0.347 e. The number of aryl methyl sites for hydroxylation is 1. The molecule has 0 aliphatic rings. The van der Waals surface area contributed by atoms with Gasteiger partial charge in [0.2, 0.25) is 0 Å². The van der Waals surface area contributed by atoms with E-state index in [1.807, 2.05) is 0 Å². The van der Waals surface area contributed by atoms with Crippen molar-refractivity contribution in [3.8, 4) is 5.75 Å². The Hall–Kier alpha value is -2.48. The van der Waals surface area contributed by atoms with Gasteiger partial charge in [0.1, 0.15) is 9.88 Å². The molecule has 122 valence electrons. The fourth-order valence-electron chi connectivity index (χ4n) is 1.94.